The van der Waals surface area contributed by atoms with Crippen LogP contribution < -0.4 is 11.1 Å². The van der Waals surface area contributed by atoms with Gasteiger partial charge in [-0.2, -0.15) is 0 Å². The van der Waals surface area contributed by atoms with Crippen LogP contribution in [-0.2, 0) is 9.59 Å². The number of nitrogens with one attached hydrogen (secondary N) is 1. The molecule has 5 nitrogen and oxygen atoms in total. The summed E-state index contributed by atoms with van der Waals surface area (Å²) in [6.45, 7) is 8.91. The molecule has 1 saturated heterocycles. The fourth-order valence-corrected chi connectivity index (χ4v) is 3.59. The number of hydrogen-bond donors (Lipinski definition) is 2. The van der Waals surface area contributed by atoms with Gasteiger partial charge >= 0.3 is 0 Å². The van der Waals surface area contributed by atoms with E-state index in [0.29, 0.717) is 17.6 Å². The van der Waals surface area contributed by atoms with E-state index in [4.69, 9.17) is 5.73 Å². The average Bonchev–Trinajstić information content (AvgIpc) is 2.51. The van der Waals surface area contributed by atoms with Gasteiger partial charge in [0.15, 0.2) is 6.54 Å². The Balaban J connectivity index is 2.09. The first-order valence-electron chi connectivity index (χ1n) is 8.37. The van der Waals surface area contributed by atoms with Crippen LogP contribution >= 0.6 is 0 Å². The van der Waals surface area contributed by atoms with Crippen LogP contribution in [0.15, 0.2) is 18.2 Å². The summed E-state index contributed by atoms with van der Waals surface area (Å²) in [5, 5.41) is 3.06. The number of benzene rings is 1. The third-order valence-electron chi connectivity index (χ3n) is 5.09. The van der Waals surface area contributed by atoms with Crippen molar-refractivity contribution in [2.75, 3.05) is 31.5 Å². The van der Waals surface area contributed by atoms with E-state index < -0.39 is 0 Å². The SMILES string of the molecule is CC[N+]1(CC(=O)Nc2c(C)cccc2C)CCCC(C(N)=O)C1. The Hall–Kier alpha value is -1.88. The minimum absolute atomic E-state index is 0.00868. The predicted octanol–water partition coefficient (Wildman–Crippen LogP) is 1.97. The number of piperidine rings is 1. The van der Waals surface area contributed by atoms with Gasteiger partial charge in [0.2, 0.25) is 5.91 Å². The predicted molar refractivity (Wildman–Crippen MR) is 91.9 cm³/mol. The third-order valence-corrected chi connectivity index (χ3v) is 5.09. The largest absolute Gasteiger partial charge is 0.369 e. The lowest BCUT2D eigenvalue weighted by Crippen LogP contribution is -2.58. The maximum absolute atomic E-state index is 12.6. The molecule has 5 heteroatoms. The number of nitrogens with two attached hydrogens (primary N) is 1. The maximum Gasteiger partial charge on any atom is 0.279 e. The lowest BCUT2D eigenvalue weighted by molar-refractivity contribution is -0.925. The van der Waals surface area contributed by atoms with Crippen molar-refractivity contribution in [3.05, 3.63) is 29.3 Å². The van der Waals surface area contributed by atoms with E-state index >= 15 is 0 Å². The fourth-order valence-electron chi connectivity index (χ4n) is 3.59. The van der Waals surface area contributed by atoms with Crippen LogP contribution in [-0.4, -0.2) is 42.5 Å². The van der Waals surface area contributed by atoms with Crippen LogP contribution in [0.3, 0.4) is 0 Å². The van der Waals surface area contributed by atoms with Crippen molar-refractivity contribution in [2.45, 2.75) is 33.6 Å². The molecule has 0 radical (unpaired) electrons. The molecule has 0 spiro atoms. The van der Waals surface area contributed by atoms with Crippen molar-refractivity contribution in [3.8, 4) is 0 Å². The molecule has 2 atom stereocenters. The quantitative estimate of drug-likeness (QED) is 0.815. The topological polar surface area (TPSA) is 72.2 Å². The van der Waals surface area contributed by atoms with Crippen LogP contribution in [0.1, 0.15) is 30.9 Å². The molecule has 1 aromatic rings. The van der Waals surface area contributed by atoms with E-state index in [1.54, 1.807) is 0 Å². The van der Waals surface area contributed by atoms with E-state index in [2.05, 4.69) is 12.2 Å². The van der Waals surface area contributed by atoms with Gasteiger partial charge in [0, 0.05) is 5.69 Å². The van der Waals surface area contributed by atoms with Crippen molar-refractivity contribution in [2.24, 2.45) is 11.7 Å². The lowest BCUT2D eigenvalue weighted by atomic mass is 9.95. The van der Waals surface area contributed by atoms with Crippen LogP contribution in [0.4, 0.5) is 5.69 Å². The summed E-state index contributed by atoms with van der Waals surface area (Å²) in [5.74, 6) is -0.345. The monoisotopic (exact) mass is 318 g/mol. The number of anilines is 1. The first-order valence-corrected chi connectivity index (χ1v) is 8.37. The molecule has 1 aliphatic rings. The molecule has 0 aliphatic carbocycles. The number of nitrogens with zero attached hydrogens (tertiary/aromatic N) is 1. The first kappa shape index (κ1) is 17.5. The number of carbonyl (C=O) groups is 2. The number of aryl methyl sites for hydroxylation is 2. The van der Waals surface area contributed by atoms with E-state index in [1.807, 2.05) is 32.0 Å². The summed E-state index contributed by atoms with van der Waals surface area (Å²) in [7, 11) is 0. The van der Waals surface area contributed by atoms with Gasteiger partial charge in [-0.3, -0.25) is 9.59 Å². The van der Waals surface area contributed by atoms with E-state index in [0.717, 1.165) is 42.7 Å². The van der Waals surface area contributed by atoms with Gasteiger partial charge < -0.3 is 15.5 Å². The molecule has 3 N–H and O–H groups in total. The zero-order valence-corrected chi connectivity index (χ0v) is 14.4. The number of amides is 2. The van der Waals surface area contributed by atoms with E-state index in [1.165, 1.54) is 0 Å². The Labute approximate surface area is 138 Å². The maximum atomic E-state index is 12.6. The minimum Gasteiger partial charge on any atom is -0.369 e. The van der Waals surface area contributed by atoms with Crippen LogP contribution in [0.25, 0.3) is 0 Å². The minimum atomic E-state index is -0.240. The van der Waals surface area contributed by atoms with Crippen molar-refractivity contribution >= 4 is 17.5 Å². The number of carbonyl (C=O) groups excluding carboxylic acids is 2. The molecular weight excluding hydrogens is 290 g/mol. The fraction of sp³-hybridized carbons (Fsp3) is 0.556. The summed E-state index contributed by atoms with van der Waals surface area (Å²) in [6, 6.07) is 5.98. The summed E-state index contributed by atoms with van der Waals surface area (Å²) in [6.07, 6.45) is 1.78. The molecule has 0 saturated carbocycles. The second-order valence-electron chi connectivity index (χ2n) is 6.78. The molecular formula is C18H28N3O2+. The molecule has 0 bridgehead atoms. The van der Waals surface area contributed by atoms with Crippen LogP contribution in [0.2, 0.25) is 0 Å². The highest BCUT2D eigenvalue weighted by molar-refractivity contribution is 5.93. The molecule has 0 aromatic heterocycles. The molecule has 2 unspecified atom stereocenters. The standard InChI is InChI=1S/C18H27N3O2/c1-4-21(10-6-9-15(11-21)18(19)23)12-16(22)20-17-13(2)7-5-8-14(17)3/h5,7-8,15H,4,6,9-12H2,1-3H3,(H2-,19,20,22,23)/p+1. The Bertz CT molecular complexity index is 580. The van der Waals surface area contributed by atoms with Gasteiger partial charge in [0.25, 0.3) is 5.91 Å². The second kappa shape index (κ2) is 7.13. The Morgan fingerprint density at radius 2 is 1.96 bits per heavy atom. The molecule has 1 fully saturated rings. The average molecular weight is 318 g/mol. The van der Waals surface area contributed by atoms with E-state index in [9.17, 15) is 9.59 Å². The highest BCUT2D eigenvalue weighted by Gasteiger charge is 2.37. The van der Waals surface area contributed by atoms with Gasteiger partial charge in [-0.25, -0.2) is 0 Å². The molecule has 1 aliphatic heterocycles. The number of primary amides is 1. The zero-order chi connectivity index (χ0) is 17.0. The van der Waals surface area contributed by atoms with Gasteiger partial charge in [-0.15, -0.1) is 0 Å². The highest BCUT2D eigenvalue weighted by atomic mass is 16.2. The normalized spacial score (nSPS) is 24.2. The van der Waals surface area contributed by atoms with Crippen molar-refractivity contribution in [3.63, 3.8) is 0 Å². The third kappa shape index (κ3) is 4.10. The molecule has 2 amide bonds. The molecule has 2 rings (SSSR count). The number of hydrogen-bond acceptors (Lipinski definition) is 2. The van der Waals surface area contributed by atoms with Crippen LogP contribution in [0.5, 0.6) is 0 Å². The highest BCUT2D eigenvalue weighted by Crippen LogP contribution is 2.24. The summed E-state index contributed by atoms with van der Waals surface area (Å²) < 4.78 is 0.643. The Morgan fingerprint density at radius 3 is 2.52 bits per heavy atom. The number of quaternary nitrogens is 1. The van der Waals surface area contributed by atoms with Crippen LogP contribution in [0, 0.1) is 19.8 Å². The summed E-state index contributed by atoms with van der Waals surface area (Å²) in [4.78, 5) is 24.1. The Kier molecular flexibility index (Phi) is 5.42. The number of likely N-dealkylation sites (tertiary alicyclic amines) is 1. The molecule has 1 heterocycles. The summed E-state index contributed by atoms with van der Waals surface area (Å²) in [5.41, 5.74) is 8.52. The van der Waals surface area contributed by atoms with Gasteiger partial charge in [0.05, 0.1) is 25.6 Å². The van der Waals surface area contributed by atoms with Crippen molar-refractivity contribution in [1.82, 2.24) is 0 Å². The van der Waals surface area contributed by atoms with Gasteiger partial charge in [0.1, 0.15) is 0 Å². The summed E-state index contributed by atoms with van der Waals surface area (Å²) >= 11 is 0. The Morgan fingerprint density at radius 1 is 1.30 bits per heavy atom. The zero-order valence-electron chi connectivity index (χ0n) is 14.4. The molecule has 126 valence electrons. The second-order valence-corrected chi connectivity index (χ2v) is 6.78. The smallest absolute Gasteiger partial charge is 0.279 e. The number of rotatable bonds is 5. The number of para-hydroxylation sites is 1. The molecule has 1 aromatic carbocycles. The number of likely N-dealkylation sites (N-methyl/N-ethyl adjacent to an activating group) is 1. The van der Waals surface area contributed by atoms with Gasteiger partial charge in [-0.1, -0.05) is 18.2 Å². The van der Waals surface area contributed by atoms with Crippen molar-refractivity contribution in [1.29, 1.82) is 0 Å². The first-order chi connectivity index (χ1) is 10.9. The molecule has 23 heavy (non-hydrogen) atoms. The van der Waals surface area contributed by atoms with Crippen molar-refractivity contribution < 1.29 is 14.1 Å². The van der Waals surface area contributed by atoms with Gasteiger partial charge in [-0.05, 0) is 44.7 Å². The van der Waals surface area contributed by atoms with E-state index in [-0.39, 0.29) is 17.7 Å². The lowest BCUT2D eigenvalue weighted by Gasteiger charge is -2.42.